The second-order valence-corrected chi connectivity index (χ2v) is 4.87. The Hall–Kier alpha value is -1.29. The molecule has 4 nitrogen and oxygen atoms in total. The van der Waals surface area contributed by atoms with Crippen LogP contribution in [0.25, 0.3) is 0 Å². The second-order valence-electron chi connectivity index (χ2n) is 4.87. The minimum Gasteiger partial charge on any atom is -0.367 e. The molecule has 1 aliphatic rings. The molecular formula is C13H21N3O. The molecule has 1 aromatic rings. The van der Waals surface area contributed by atoms with E-state index in [1.54, 1.807) is 0 Å². The Labute approximate surface area is 102 Å². The van der Waals surface area contributed by atoms with Crippen LogP contribution in [0.15, 0.2) is 18.5 Å². The first-order chi connectivity index (χ1) is 8.25. The molecule has 2 heterocycles. The third-order valence-corrected chi connectivity index (χ3v) is 3.43. The molecule has 17 heavy (non-hydrogen) atoms. The molecule has 0 bridgehead atoms. The third kappa shape index (κ3) is 3.60. The molecule has 0 aliphatic carbocycles. The molecule has 1 amide bonds. The topological polar surface area (TPSA) is 48.1 Å². The molecule has 2 N–H and O–H groups in total. The lowest BCUT2D eigenvalue weighted by Gasteiger charge is -2.24. The molecule has 4 heteroatoms. The summed E-state index contributed by atoms with van der Waals surface area (Å²) in [6, 6.07) is 2.01. The van der Waals surface area contributed by atoms with Gasteiger partial charge >= 0.3 is 0 Å². The predicted molar refractivity (Wildman–Crippen MR) is 67.5 cm³/mol. The van der Waals surface area contributed by atoms with Crippen LogP contribution in [0.1, 0.15) is 24.8 Å². The molecule has 1 aliphatic heterocycles. The van der Waals surface area contributed by atoms with E-state index in [0.29, 0.717) is 18.9 Å². The van der Waals surface area contributed by atoms with Crippen molar-refractivity contribution < 1.29 is 4.79 Å². The highest BCUT2D eigenvalue weighted by atomic mass is 16.2. The number of hydrogen-bond acceptors (Lipinski definition) is 2. The first-order valence-electron chi connectivity index (χ1n) is 6.32. The van der Waals surface area contributed by atoms with Crippen molar-refractivity contribution in [2.75, 3.05) is 20.1 Å². The number of nitrogens with zero attached hydrogens (tertiary/aromatic N) is 1. The summed E-state index contributed by atoms with van der Waals surface area (Å²) < 4.78 is 0. The van der Waals surface area contributed by atoms with Gasteiger partial charge in [0.25, 0.3) is 0 Å². The van der Waals surface area contributed by atoms with E-state index in [0.717, 1.165) is 31.5 Å². The Morgan fingerprint density at radius 2 is 2.24 bits per heavy atom. The van der Waals surface area contributed by atoms with Crippen LogP contribution in [0.3, 0.4) is 0 Å². The summed E-state index contributed by atoms with van der Waals surface area (Å²) >= 11 is 0. The zero-order valence-corrected chi connectivity index (χ0v) is 10.4. The number of carbonyl (C=O) groups excluding carboxylic acids is 1. The standard InChI is InChI=1S/C13H21N3O/c1-16(10-12-4-7-15-9-12)13(17)8-11-2-5-14-6-3-11/h4,7,9,11,14-15H,2-3,5-6,8,10H2,1H3. The van der Waals surface area contributed by atoms with Gasteiger partial charge in [0.15, 0.2) is 0 Å². The number of rotatable bonds is 4. The molecular weight excluding hydrogens is 214 g/mol. The lowest BCUT2D eigenvalue weighted by molar-refractivity contribution is -0.131. The summed E-state index contributed by atoms with van der Waals surface area (Å²) in [6.45, 7) is 2.81. The normalized spacial score (nSPS) is 17.0. The number of amides is 1. The van der Waals surface area contributed by atoms with Gasteiger partial charge in [-0.15, -0.1) is 0 Å². The van der Waals surface area contributed by atoms with Crippen molar-refractivity contribution in [3.63, 3.8) is 0 Å². The highest BCUT2D eigenvalue weighted by Crippen LogP contribution is 2.17. The van der Waals surface area contributed by atoms with Crippen LogP contribution in [0.4, 0.5) is 0 Å². The maximum absolute atomic E-state index is 12.0. The van der Waals surface area contributed by atoms with E-state index in [2.05, 4.69) is 10.3 Å². The maximum Gasteiger partial charge on any atom is 0.222 e. The van der Waals surface area contributed by atoms with Gasteiger partial charge in [-0.2, -0.15) is 0 Å². The van der Waals surface area contributed by atoms with Crippen LogP contribution in [0, 0.1) is 5.92 Å². The van der Waals surface area contributed by atoms with Gasteiger partial charge in [0, 0.05) is 32.4 Å². The Bertz CT molecular complexity index is 342. The summed E-state index contributed by atoms with van der Waals surface area (Å²) in [7, 11) is 1.89. The van der Waals surface area contributed by atoms with Crippen molar-refractivity contribution in [2.24, 2.45) is 5.92 Å². The lowest BCUT2D eigenvalue weighted by Crippen LogP contribution is -2.33. The molecule has 0 spiro atoms. The van der Waals surface area contributed by atoms with Crippen molar-refractivity contribution in [3.8, 4) is 0 Å². The second kappa shape index (κ2) is 5.87. The molecule has 0 radical (unpaired) electrons. The number of nitrogens with one attached hydrogen (secondary N) is 2. The summed E-state index contributed by atoms with van der Waals surface area (Å²) in [5.74, 6) is 0.829. The quantitative estimate of drug-likeness (QED) is 0.828. The van der Waals surface area contributed by atoms with Crippen LogP contribution in [-0.4, -0.2) is 35.9 Å². The number of hydrogen-bond donors (Lipinski definition) is 2. The van der Waals surface area contributed by atoms with E-state index in [1.807, 2.05) is 30.4 Å². The zero-order valence-electron chi connectivity index (χ0n) is 10.4. The fraction of sp³-hybridized carbons (Fsp3) is 0.615. The molecule has 0 saturated carbocycles. The summed E-state index contributed by atoms with van der Waals surface area (Å²) in [6.07, 6.45) is 6.78. The van der Waals surface area contributed by atoms with E-state index >= 15 is 0 Å². The lowest BCUT2D eigenvalue weighted by atomic mass is 9.94. The molecule has 1 saturated heterocycles. The predicted octanol–water partition coefficient (Wildman–Crippen LogP) is 1.36. The Kier molecular flexibility index (Phi) is 4.20. The smallest absolute Gasteiger partial charge is 0.222 e. The Balaban J connectivity index is 1.78. The molecule has 0 aromatic carbocycles. The highest BCUT2D eigenvalue weighted by molar-refractivity contribution is 5.76. The largest absolute Gasteiger partial charge is 0.367 e. The minimum absolute atomic E-state index is 0.262. The number of piperidine rings is 1. The molecule has 0 atom stereocenters. The minimum atomic E-state index is 0.262. The van der Waals surface area contributed by atoms with Crippen LogP contribution in [-0.2, 0) is 11.3 Å². The van der Waals surface area contributed by atoms with Gasteiger partial charge in [-0.25, -0.2) is 0 Å². The average molecular weight is 235 g/mol. The summed E-state index contributed by atoms with van der Waals surface area (Å²) in [5, 5.41) is 3.32. The SMILES string of the molecule is CN(Cc1cc[nH]c1)C(=O)CC1CCNCC1. The van der Waals surface area contributed by atoms with Crippen LogP contribution in [0.2, 0.25) is 0 Å². The van der Waals surface area contributed by atoms with Crippen molar-refractivity contribution >= 4 is 5.91 Å². The van der Waals surface area contributed by atoms with Crippen LogP contribution >= 0.6 is 0 Å². The van der Waals surface area contributed by atoms with E-state index in [9.17, 15) is 4.79 Å². The highest BCUT2D eigenvalue weighted by Gasteiger charge is 2.19. The van der Waals surface area contributed by atoms with E-state index < -0.39 is 0 Å². The van der Waals surface area contributed by atoms with Gasteiger partial charge in [0.05, 0.1) is 0 Å². The van der Waals surface area contributed by atoms with Crippen molar-refractivity contribution in [1.82, 2.24) is 15.2 Å². The van der Waals surface area contributed by atoms with Crippen molar-refractivity contribution in [3.05, 3.63) is 24.0 Å². The third-order valence-electron chi connectivity index (χ3n) is 3.43. The number of carbonyl (C=O) groups is 1. The first-order valence-corrected chi connectivity index (χ1v) is 6.32. The maximum atomic E-state index is 12.0. The van der Waals surface area contributed by atoms with Gasteiger partial charge in [-0.3, -0.25) is 4.79 Å². The Morgan fingerprint density at radius 3 is 2.88 bits per heavy atom. The summed E-state index contributed by atoms with van der Waals surface area (Å²) in [5.41, 5.74) is 1.16. The molecule has 1 fully saturated rings. The molecule has 2 rings (SSSR count). The number of H-pyrrole nitrogens is 1. The average Bonchev–Trinajstić information content (AvgIpc) is 2.83. The van der Waals surface area contributed by atoms with Gasteiger partial charge in [-0.1, -0.05) is 0 Å². The fourth-order valence-electron chi connectivity index (χ4n) is 2.31. The Morgan fingerprint density at radius 1 is 1.47 bits per heavy atom. The molecule has 1 aromatic heterocycles. The molecule has 0 unspecified atom stereocenters. The number of aromatic nitrogens is 1. The summed E-state index contributed by atoms with van der Waals surface area (Å²) in [4.78, 5) is 16.9. The first kappa shape index (κ1) is 12.2. The van der Waals surface area contributed by atoms with E-state index in [4.69, 9.17) is 0 Å². The van der Waals surface area contributed by atoms with Crippen LogP contribution in [0.5, 0.6) is 0 Å². The molecule has 94 valence electrons. The fourth-order valence-corrected chi connectivity index (χ4v) is 2.31. The zero-order chi connectivity index (χ0) is 12.1. The van der Waals surface area contributed by atoms with Gasteiger partial charge in [0.2, 0.25) is 5.91 Å². The van der Waals surface area contributed by atoms with Gasteiger partial charge in [-0.05, 0) is 43.5 Å². The van der Waals surface area contributed by atoms with Gasteiger partial charge in [0.1, 0.15) is 0 Å². The van der Waals surface area contributed by atoms with Crippen molar-refractivity contribution in [1.29, 1.82) is 0 Å². The number of aromatic amines is 1. The van der Waals surface area contributed by atoms with E-state index in [1.165, 1.54) is 0 Å². The monoisotopic (exact) mass is 235 g/mol. The van der Waals surface area contributed by atoms with Gasteiger partial charge < -0.3 is 15.2 Å². The van der Waals surface area contributed by atoms with Crippen molar-refractivity contribution in [2.45, 2.75) is 25.8 Å². The van der Waals surface area contributed by atoms with Crippen LogP contribution < -0.4 is 5.32 Å². The van der Waals surface area contributed by atoms with E-state index in [-0.39, 0.29) is 5.91 Å².